The molecule has 1 saturated heterocycles. The van der Waals surface area contributed by atoms with E-state index in [0.29, 0.717) is 0 Å². The Hall–Kier alpha value is -0.510. The minimum atomic E-state index is 0.727. The molecule has 0 bridgehead atoms. The summed E-state index contributed by atoms with van der Waals surface area (Å²) < 4.78 is 0. The van der Waals surface area contributed by atoms with Gasteiger partial charge in [0, 0.05) is 30.6 Å². The monoisotopic (exact) mass is 222 g/mol. The molecule has 0 saturated carbocycles. The van der Waals surface area contributed by atoms with E-state index in [4.69, 9.17) is 0 Å². The summed E-state index contributed by atoms with van der Waals surface area (Å²) in [6, 6.07) is 9.59. The van der Waals surface area contributed by atoms with Gasteiger partial charge >= 0.3 is 0 Å². The van der Waals surface area contributed by atoms with Crippen LogP contribution in [0.15, 0.2) is 29.2 Å². The first-order valence-electron chi connectivity index (χ1n) is 5.33. The Morgan fingerprint density at radius 3 is 2.47 bits per heavy atom. The lowest BCUT2D eigenvalue weighted by Gasteiger charge is -2.35. The summed E-state index contributed by atoms with van der Waals surface area (Å²) >= 11 is 1.79. The second-order valence-corrected chi connectivity index (χ2v) is 4.95. The van der Waals surface area contributed by atoms with Crippen LogP contribution < -0.4 is 5.32 Å². The molecule has 1 N–H and O–H groups in total. The summed E-state index contributed by atoms with van der Waals surface area (Å²) in [5.74, 6) is 0. The maximum absolute atomic E-state index is 3.30. The fourth-order valence-corrected chi connectivity index (χ4v) is 2.14. The maximum atomic E-state index is 3.30. The van der Waals surface area contributed by atoms with E-state index in [9.17, 15) is 0 Å². The largest absolute Gasteiger partial charge is 0.314 e. The second kappa shape index (κ2) is 5.01. The Labute approximate surface area is 96.0 Å². The molecule has 1 fully saturated rings. The van der Waals surface area contributed by atoms with Crippen LogP contribution in [0.1, 0.15) is 5.56 Å². The van der Waals surface area contributed by atoms with E-state index >= 15 is 0 Å². The van der Waals surface area contributed by atoms with Crippen molar-refractivity contribution in [3.8, 4) is 0 Å². The van der Waals surface area contributed by atoms with Crippen molar-refractivity contribution in [2.45, 2.75) is 17.5 Å². The quantitative estimate of drug-likeness (QED) is 0.782. The zero-order valence-electron chi connectivity index (χ0n) is 9.36. The molecule has 1 aromatic carbocycles. The fourth-order valence-electron chi connectivity index (χ4n) is 1.73. The molecular weight excluding hydrogens is 204 g/mol. The summed E-state index contributed by atoms with van der Waals surface area (Å²) in [5.41, 5.74) is 1.40. The van der Waals surface area contributed by atoms with Crippen LogP contribution in [0.4, 0.5) is 0 Å². The zero-order chi connectivity index (χ0) is 10.7. The van der Waals surface area contributed by atoms with Gasteiger partial charge in [0.25, 0.3) is 0 Å². The summed E-state index contributed by atoms with van der Waals surface area (Å²) in [5, 5.41) is 3.30. The fraction of sp³-hybridized carbons (Fsp3) is 0.500. The molecule has 0 amide bonds. The first-order chi connectivity index (χ1) is 7.29. The third kappa shape index (κ3) is 2.74. The first-order valence-corrected chi connectivity index (χ1v) is 6.56. The molecule has 0 spiro atoms. The van der Waals surface area contributed by atoms with Crippen LogP contribution >= 0.6 is 11.8 Å². The molecule has 1 aliphatic rings. The Bertz CT molecular complexity index is 306. The molecule has 2 rings (SSSR count). The Morgan fingerprint density at radius 2 is 2.00 bits per heavy atom. The third-order valence-electron chi connectivity index (χ3n) is 2.97. The van der Waals surface area contributed by atoms with Gasteiger partial charge in [-0.3, -0.25) is 4.90 Å². The molecule has 82 valence electrons. The molecule has 1 aliphatic heterocycles. The van der Waals surface area contributed by atoms with E-state index in [2.05, 4.69) is 47.8 Å². The molecule has 0 aliphatic carbocycles. The van der Waals surface area contributed by atoms with Crippen molar-refractivity contribution in [3.63, 3.8) is 0 Å². The predicted octanol–water partition coefficient (Wildman–Crippen LogP) is 1.81. The predicted molar refractivity (Wildman–Crippen MR) is 66.3 cm³/mol. The number of hydrogen-bond acceptors (Lipinski definition) is 3. The number of thioether (sulfide) groups is 1. The van der Waals surface area contributed by atoms with Crippen LogP contribution in [0.5, 0.6) is 0 Å². The number of nitrogens with one attached hydrogen (secondary N) is 1. The van der Waals surface area contributed by atoms with Crippen molar-refractivity contribution in [2.24, 2.45) is 0 Å². The van der Waals surface area contributed by atoms with Gasteiger partial charge in [0.1, 0.15) is 0 Å². The molecule has 0 unspecified atom stereocenters. The van der Waals surface area contributed by atoms with Gasteiger partial charge in [-0.2, -0.15) is 0 Å². The molecule has 3 heteroatoms. The van der Waals surface area contributed by atoms with Crippen LogP contribution in [0.3, 0.4) is 0 Å². The normalized spacial score (nSPS) is 16.7. The molecular formula is C12H18N2S. The van der Waals surface area contributed by atoms with Crippen molar-refractivity contribution < 1.29 is 0 Å². The van der Waals surface area contributed by atoms with E-state index in [1.54, 1.807) is 11.8 Å². The van der Waals surface area contributed by atoms with E-state index in [-0.39, 0.29) is 0 Å². The van der Waals surface area contributed by atoms with Gasteiger partial charge in [-0.25, -0.2) is 0 Å². The summed E-state index contributed by atoms with van der Waals surface area (Å²) in [6.45, 7) is 3.33. The van der Waals surface area contributed by atoms with E-state index in [1.807, 2.05) is 0 Å². The van der Waals surface area contributed by atoms with Crippen molar-refractivity contribution in [1.82, 2.24) is 10.2 Å². The molecule has 1 aromatic rings. The molecule has 15 heavy (non-hydrogen) atoms. The highest BCUT2D eigenvalue weighted by Gasteiger charge is 2.20. The highest BCUT2D eigenvalue weighted by Crippen LogP contribution is 2.16. The van der Waals surface area contributed by atoms with Gasteiger partial charge < -0.3 is 5.32 Å². The van der Waals surface area contributed by atoms with Crippen LogP contribution in [-0.2, 0) is 6.54 Å². The van der Waals surface area contributed by atoms with Gasteiger partial charge in [0.05, 0.1) is 0 Å². The van der Waals surface area contributed by atoms with Crippen molar-refractivity contribution in [2.75, 3.05) is 26.4 Å². The molecule has 0 atom stereocenters. The van der Waals surface area contributed by atoms with Crippen LogP contribution in [0, 0.1) is 0 Å². The Kier molecular flexibility index (Phi) is 3.67. The van der Waals surface area contributed by atoms with E-state index < -0.39 is 0 Å². The highest BCUT2D eigenvalue weighted by molar-refractivity contribution is 7.98. The Balaban J connectivity index is 1.91. The van der Waals surface area contributed by atoms with Gasteiger partial charge in [-0.05, 0) is 31.0 Å². The SMILES string of the molecule is CSc1ccc(CN(C)C2CNC2)cc1. The molecule has 1 heterocycles. The van der Waals surface area contributed by atoms with E-state index in [0.717, 1.165) is 25.7 Å². The molecule has 0 radical (unpaired) electrons. The number of rotatable bonds is 4. The maximum Gasteiger partial charge on any atom is 0.0345 e. The Morgan fingerprint density at radius 1 is 1.33 bits per heavy atom. The lowest BCUT2D eigenvalue weighted by atomic mass is 10.1. The van der Waals surface area contributed by atoms with Gasteiger partial charge in [-0.15, -0.1) is 11.8 Å². The van der Waals surface area contributed by atoms with Crippen LogP contribution in [0.2, 0.25) is 0 Å². The topological polar surface area (TPSA) is 15.3 Å². The van der Waals surface area contributed by atoms with Gasteiger partial charge in [0.15, 0.2) is 0 Å². The second-order valence-electron chi connectivity index (χ2n) is 4.08. The number of hydrogen-bond donors (Lipinski definition) is 1. The van der Waals surface area contributed by atoms with Crippen LogP contribution in [0.25, 0.3) is 0 Å². The summed E-state index contributed by atoms with van der Waals surface area (Å²) in [6.07, 6.45) is 2.11. The number of likely N-dealkylation sites (N-methyl/N-ethyl adjacent to an activating group) is 1. The van der Waals surface area contributed by atoms with Crippen molar-refractivity contribution in [1.29, 1.82) is 0 Å². The average molecular weight is 222 g/mol. The minimum absolute atomic E-state index is 0.727. The molecule has 0 aromatic heterocycles. The summed E-state index contributed by atoms with van der Waals surface area (Å²) in [7, 11) is 2.20. The lowest BCUT2D eigenvalue weighted by molar-refractivity contribution is 0.173. The number of benzene rings is 1. The summed E-state index contributed by atoms with van der Waals surface area (Å²) in [4.78, 5) is 3.76. The first kappa shape index (κ1) is 11.0. The zero-order valence-corrected chi connectivity index (χ0v) is 10.2. The lowest BCUT2D eigenvalue weighted by Crippen LogP contribution is -2.55. The van der Waals surface area contributed by atoms with Gasteiger partial charge in [0.2, 0.25) is 0 Å². The van der Waals surface area contributed by atoms with Crippen molar-refractivity contribution in [3.05, 3.63) is 29.8 Å². The molecule has 2 nitrogen and oxygen atoms in total. The average Bonchev–Trinajstić information content (AvgIpc) is 2.16. The van der Waals surface area contributed by atoms with Crippen molar-refractivity contribution >= 4 is 11.8 Å². The third-order valence-corrected chi connectivity index (χ3v) is 3.72. The van der Waals surface area contributed by atoms with Crippen LogP contribution in [-0.4, -0.2) is 37.3 Å². The van der Waals surface area contributed by atoms with Gasteiger partial charge in [-0.1, -0.05) is 12.1 Å². The highest BCUT2D eigenvalue weighted by atomic mass is 32.2. The smallest absolute Gasteiger partial charge is 0.0345 e. The minimum Gasteiger partial charge on any atom is -0.314 e. The van der Waals surface area contributed by atoms with E-state index in [1.165, 1.54) is 10.5 Å². The number of nitrogens with zero attached hydrogens (tertiary/aromatic N) is 1. The standard InChI is InChI=1S/C12H18N2S/c1-14(11-7-13-8-11)9-10-3-5-12(15-2)6-4-10/h3-6,11,13H,7-9H2,1-2H3.